The summed E-state index contributed by atoms with van der Waals surface area (Å²) in [5, 5.41) is 2.98. The maximum atomic E-state index is 12.4. The Bertz CT molecular complexity index is 673. The molecule has 1 aliphatic heterocycles. The molecule has 5 nitrogen and oxygen atoms in total. The minimum absolute atomic E-state index is 0.0341. The Balaban J connectivity index is 1.44. The Morgan fingerprint density at radius 2 is 1.88 bits per heavy atom. The number of nitrogen functional groups attached to an aromatic ring is 1. The highest BCUT2D eigenvalue weighted by molar-refractivity contribution is 5.81. The Morgan fingerprint density at radius 3 is 2.64 bits per heavy atom. The minimum atomic E-state index is -0.399. The topological polar surface area (TPSA) is 67.6 Å². The van der Waals surface area contributed by atoms with E-state index in [2.05, 4.69) is 22.3 Å². The third-order valence-corrected chi connectivity index (χ3v) is 4.38. The number of hydrogen-bond acceptors (Lipinski definition) is 4. The van der Waals surface area contributed by atoms with Gasteiger partial charge in [-0.05, 0) is 29.7 Å². The van der Waals surface area contributed by atoms with Crippen LogP contribution < -0.4 is 11.1 Å². The summed E-state index contributed by atoms with van der Waals surface area (Å²) >= 11 is 0. The highest BCUT2D eigenvalue weighted by atomic mass is 16.5. The standard InChI is InChI=1S/C20H25N3O2/c21-18-8-6-16(7-9-18)10-11-22-20(24)19-15-23(12-13-25-19)14-17-4-2-1-3-5-17/h1-9,19H,10-15,21H2,(H,22,24). The number of ether oxygens (including phenoxy) is 1. The molecule has 1 saturated heterocycles. The molecule has 0 aromatic heterocycles. The second-order valence-corrected chi connectivity index (χ2v) is 6.36. The van der Waals surface area contributed by atoms with E-state index in [-0.39, 0.29) is 5.91 Å². The molecule has 25 heavy (non-hydrogen) atoms. The monoisotopic (exact) mass is 339 g/mol. The Morgan fingerprint density at radius 1 is 1.12 bits per heavy atom. The lowest BCUT2D eigenvalue weighted by atomic mass is 10.1. The summed E-state index contributed by atoms with van der Waals surface area (Å²) in [6.45, 7) is 3.51. The first-order chi connectivity index (χ1) is 12.2. The molecule has 2 aromatic rings. The molecule has 3 N–H and O–H groups in total. The van der Waals surface area contributed by atoms with Crippen molar-refractivity contribution in [3.8, 4) is 0 Å². The van der Waals surface area contributed by atoms with E-state index in [1.807, 2.05) is 42.5 Å². The lowest BCUT2D eigenvalue weighted by Gasteiger charge is -2.32. The van der Waals surface area contributed by atoms with Crippen LogP contribution in [-0.4, -0.2) is 43.2 Å². The number of carbonyl (C=O) groups is 1. The highest BCUT2D eigenvalue weighted by Crippen LogP contribution is 2.11. The molecule has 1 unspecified atom stereocenters. The maximum Gasteiger partial charge on any atom is 0.250 e. The molecule has 2 aromatic carbocycles. The predicted octanol–water partition coefficient (Wildman–Crippen LogP) is 1.83. The van der Waals surface area contributed by atoms with Crippen LogP contribution in [0, 0.1) is 0 Å². The van der Waals surface area contributed by atoms with Crippen LogP contribution in [0.2, 0.25) is 0 Å². The van der Waals surface area contributed by atoms with Gasteiger partial charge in [-0.2, -0.15) is 0 Å². The van der Waals surface area contributed by atoms with Crippen LogP contribution in [0.25, 0.3) is 0 Å². The molecule has 1 aliphatic rings. The Labute approximate surface area is 148 Å². The van der Waals surface area contributed by atoms with Crippen molar-refractivity contribution in [2.24, 2.45) is 0 Å². The van der Waals surface area contributed by atoms with E-state index in [0.717, 1.165) is 30.8 Å². The van der Waals surface area contributed by atoms with Gasteiger partial charge >= 0.3 is 0 Å². The van der Waals surface area contributed by atoms with E-state index in [0.29, 0.717) is 19.7 Å². The van der Waals surface area contributed by atoms with Crippen LogP contribution in [0.5, 0.6) is 0 Å². The summed E-state index contributed by atoms with van der Waals surface area (Å²) in [5.74, 6) is -0.0341. The van der Waals surface area contributed by atoms with Gasteiger partial charge < -0.3 is 15.8 Å². The van der Waals surface area contributed by atoms with Crippen LogP contribution in [0.3, 0.4) is 0 Å². The third-order valence-electron chi connectivity index (χ3n) is 4.38. The van der Waals surface area contributed by atoms with Crippen molar-refractivity contribution in [2.75, 3.05) is 32.0 Å². The number of rotatable bonds is 6. The van der Waals surface area contributed by atoms with E-state index in [1.165, 1.54) is 5.56 Å². The molecule has 1 fully saturated rings. The molecule has 1 atom stereocenters. The molecule has 1 amide bonds. The van der Waals surface area contributed by atoms with Gasteiger partial charge in [-0.3, -0.25) is 9.69 Å². The second kappa shape index (κ2) is 8.65. The predicted molar refractivity (Wildman–Crippen MR) is 99.0 cm³/mol. The van der Waals surface area contributed by atoms with E-state index >= 15 is 0 Å². The first kappa shape index (κ1) is 17.5. The van der Waals surface area contributed by atoms with Crippen LogP contribution in [0.1, 0.15) is 11.1 Å². The average Bonchev–Trinajstić information content (AvgIpc) is 2.64. The van der Waals surface area contributed by atoms with Gasteiger partial charge in [0, 0.05) is 31.9 Å². The smallest absolute Gasteiger partial charge is 0.250 e. The largest absolute Gasteiger partial charge is 0.399 e. The second-order valence-electron chi connectivity index (χ2n) is 6.36. The van der Waals surface area contributed by atoms with Gasteiger partial charge in [0.1, 0.15) is 6.10 Å². The molecule has 5 heteroatoms. The minimum Gasteiger partial charge on any atom is -0.399 e. The van der Waals surface area contributed by atoms with Crippen LogP contribution in [0.4, 0.5) is 5.69 Å². The summed E-state index contributed by atoms with van der Waals surface area (Å²) in [4.78, 5) is 14.6. The van der Waals surface area contributed by atoms with Crippen molar-refractivity contribution in [3.63, 3.8) is 0 Å². The summed E-state index contributed by atoms with van der Waals surface area (Å²) in [5.41, 5.74) is 8.84. The first-order valence-electron chi connectivity index (χ1n) is 8.71. The number of amides is 1. The van der Waals surface area contributed by atoms with Crippen molar-refractivity contribution < 1.29 is 9.53 Å². The lowest BCUT2D eigenvalue weighted by molar-refractivity contribution is -0.138. The zero-order valence-corrected chi connectivity index (χ0v) is 14.4. The normalized spacial score (nSPS) is 18.0. The van der Waals surface area contributed by atoms with Crippen molar-refractivity contribution in [1.82, 2.24) is 10.2 Å². The van der Waals surface area contributed by atoms with E-state index in [1.54, 1.807) is 0 Å². The van der Waals surface area contributed by atoms with Crippen molar-refractivity contribution in [2.45, 2.75) is 19.1 Å². The third kappa shape index (κ3) is 5.31. The number of carbonyl (C=O) groups excluding carboxylic acids is 1. The molecule has 0 spiro atoms. The quantitative estimate of drug-likeness (QED) is 0.788. The van der Waals surface area contributed by atoms with Gasteiger partial charge in [-0.25, -0.2) is 0 Å². The molecule has 1 heterocycles. The van der Waals surface area contributed by atoms with Gasteiger partial charge in [-0.15, -0.1) is 0 Å². The van der Waals surface area contributed by atoms with Crippen LogP contribution in [-0.2, 0) is 22.5 Å². The number of nitrogens with one attached hydrogen (secondary N) is 1. The van der Waals surface area contributed by atoms with Crippen LogP contribution >= 0.6 is 0 Å². The summed E-state index contributed by atoms with van der Waals surface area (Å²) in [6.07, 6.45) is 0.385. The molecule has 0 aliphatic carbocycles. The molecule has 0 bridgehead atoms. The number of hydrogen-bond donors (Lipinski definition) is 2. The van der Waals surface area contributed by atoms with E-state index in [9.17, 15) is 4.79 Å². The van der Waals surface area contributed by atoms with Gasteiger partial charge in [0.25, 0.3) is 0 Å². The molecule has 132 valence electrons. The van der Waals surface area contributed by atoms with Crippen LogP contribution in [0.15, 0.2) is 54.6 Å². The van der Waals surface area contributed by atoms with Gasteiger partial charge in [0.15, 0.2) is 0 Å². The molecule has 0 radical (unpaired) electrons. The molecule has 3 rings (SSSR count). The van der Waals surface area contributed by atoms with Gasteiger partial charge in [0.2, 0.25) is 5.91 Å². The fourth-order valence-electron chi connectivity index (χ4n) is 2.97. The fraction of sp³-hybridized carbons (Fsp3) is 0.350. The summed E-state index contributed by atoms with van der Waals surface area (Å²) in [7, 11) is 0. The molecular weight excluding hydrogens is 314 g/mol. The number of benzene rings is 2. The van der Waals surface area contributed by atoms with E-state index in [4.69, 9.17) is 10.5 Å². The highest BCUT2D eigenvalue weighted by Gasteiger charge is 2.26. The maximum absolute atomic E-state index is 12.4. The number of nitrogens with two attached hydrogens (primary N) is 1. The van der Waals surface area contributed by atoms with Crippen molar-refractivity contribution in [3.05, 3.63) is 65.7 Å². The Kier molecular flexibility index (Phi) is 6.04. The van der Waals surface area contributed by atoms with Crippen molar-refractivity contribution in [1.29, 1.82) is 0 Å². The molecular formula is C20H25N3O2. The summed E-state index contributed by atoms with van der Waals surface area (Å²) in [6, 6.07) is 18.0. The number of anilines is 1. The van der Waals surface area contributed by atoms with Gasteiger partial charge in [0.05, 0.1) is 6.61 Å². The van der Waals surface area contributed by atoms with E-state index < -0.39 is 6.10 Å². The van der Waals surface area contributed by atoms with Gasteiger partial charge in [-0.1, -0.05) is 42.5 Å². The number of morpholine rings is 1. The average molecular weight is 339 g/mol. The summed E-state index contributed by atoms with van der Waals surface area (Å²) < 4.78 is 5.66. The number of nitrogens with zero attached hydrogens (tertiary/aromatic N) is 1. The Hall–Kier alpha value is -2.37. The van der Waals surface area contributed by atoms with Crippen molar-refractivity contribution >= 4 is 11.6 Å². The SMILES string of the molecule is Nc1ccc(CCNC(=O)C2CN(Cc3ccccc3)CCO2)cc1. The lowest BCUT2D eigenvalue weighted by Crippen LogP contribution is -2.49. The molecule has 0 saturated carbocycles. The zero-order valence-electron chi connectivity index (χ0n) is 14.4. The fourth-order valence-corrected chi connectivity index (χ4v) is 2.97. The zero-order chi connectivity index (χ0) is 17.5. The first-order valence-corrected chi connectivity index (χ1v) is 8.71.